The Kier molecular flexibility index (Phi) is 6.85. The molecule has 4 heteroatoms. The van der Waals surface area contributed by atoms with E-state index >= 15 is 0 Å². The van der Waals surface area contributed by atoms with Gasteiger partial charge in [-0.25, -0.2) is 0 Å². The highest BCUT2D eigenvalue weighted by atomic mass is 16.2. The van der Waals surface area contributed by atoms with E-state index in [4.69, 9.17) is 0 Å². The van der Waals surface area contributed by atoms with Crippen LogP contribution >= 0.6 is 0 Å². The van der Waals surface area contributed by atoms with Crippen LogP contribution in [0.3, 0.4) is 0 Å². The van der Waals surface area contributed by atoms with E-state index in [9.17, 15) is 9.59 Å². The van der Waals surface area contributed by atoms with Gasteiger partial charge in [0.1, 0.15) is 6.04 Å². The Morgan fingerprint density at radius 2 is 1.71 bits per heavy atom. The van der Waals surface area contributed by atoms with E-state index in [1.165, 1.54) is 0 Å². The van der Waals surface area contributed by atoms with Gasteiger partial charge in [0.15, 0.2) is 0 Å². The number of carbonyl (C=O) groups is 2. The molecule has 2 amide bonds. The van der Waals surface area contributed by atoms with Crippen LogP contribution in [-0.2, 0) is 9.59 Å². The average molecular weight is 242 g/mol. The fraction of sp³-hybridized carbons (Fsp3) is 0.846. The van der Waals surface area contributed by atoms with Crippen LogP contribution in [0.15, 0.2) is 0 Å². The summed E-state index contributed by atoms with van der Waals surface area (Å²) in [6.07, 6.45) is 1.37. The quantitative estimate of drug-likeness (QED) is 0.770. The number of rotatable bonds is 6. The predicted octanol–water partition coefficient (Wildman–Crippen LogP) is 1.65. The summed E-state index contributed by atoms with van der Waals surface area (Å²) in [4.78, 5) is 25.3. The first-order valence-electron chi connectivity index (χ1n) is 6.28. The summed E-state index contributed by atoms with van der Waals surface area (Å²) in [6.45, 7) is 8.08. The minimum absolute atomic E-state index is 0.0426. The molecule has 17 heavy (non-hydrogen) atoms. The first-order valence-corrected chi connectivity index (χ1v) is 6.28. The van der Waals surface area contributed by atoms with Gasteiger partial charge in [0.25, 0.3) is 0 Å². The zero-order valence-electron chi connectivity index (χ0n) is 11.9. The highest BCUT2D eigenvalue weighted by Crippen LogP contribution is 2.13. The molecule has 0 aliphatic carbocycles. The van der Waals surface area contributed by atoms with Crippen molar-refractivity contribution in [3.8, 4) is 0 Å². The van der Waals surface area contributed by atoms with Crippen LogP contribution in [-0.4, -0.2) is 36.9 Å². The molecule has 0 aliphatic heterocycles. The second-order valence-electron chi connectivity index (χ2n) is 5.24. The average Bonchev–Trinajstić information content (AvgIpc) is 2.24. The van der Waals surface area contributed by atoms with Gasteiger partial charge in [0, 0.05) is 20.5 Å². The number of amides is 2. The second kappa shape index (κ2) is 7.30. The molecule has 0 unspecified atom stereocenters. The minimum Gasteiger partial charge on any atom is -0.357 e. The third-order valence-electron chi connectivity index (χ3n) is 2.89. The van der Waals surface area contributed by atoms with Gasteiger partial charge in [-0.1, -0.05) is 27.7 Å². The molecule has 0 rings (SSSR count). The van der Waals surface area contributed by atoms with Crippen molar-refractivity contribution in [2.75, 3.05) is 14.1 Å². The maximum Gasteiger partial charge on any atom is 0.242 e. The Hall–Kier alpha value is -1.06. The summed E-state index contributed by atoms with van der Waals surface area (Å²) in [5, 5.41) is 2.61. The molecule has 0 aliphatic rings. The Morgan fingerprint density at radius 1 is 1.18 bits per heavy atom. The van der Waals surface area contributed by atoms with Gasteiger partial charge in [-0.3, -0.25) is 9.59 Å². The van der Waals surface area contributed by atoms with Gasteiger partial charge in [-0.15, -0.1) is 0 Å². The molecule has 4 nitrogen and oxygen atoms in total. The van der Waals surface area contributed by atoms with Crippen LogP contribution in [0, 0.1) is 11.8 Å². The Morgan fingerprint density at radius 3 is 2.06 bits per heavy atom. The van der Waals surface area contributed by atoms with Crippen LogP contribution < -0.4 is 5.32 Å². The summed E-state index contributed by atoms with van der Waals surface area (Å²) in [5.41, 5.74) is 0. The lowest BCUT2D eigenvalue weighted by atomic mass is 10.0. The number of hydrogen-bond donors (Lipinski definition) is 1. The van der Waals surface area contributed by atoms with E-state index in [2.05, 4.69) is 19.2 Å². The fourth-order valence-corrected chi connectivity index (χ4v) is 1.82. The van der Waals surface area contributed by atoms with E-state index < -0.39 is 0 Å². The van der Waals surface area contributed by atoms with Gasteiger partial charge in [0.05, 0.1) is 0 Å². The molecule has 0 aromatic rings. The summed E-state index contributed by atoms with van der Waals surface area (Å²) in [7, 11) is 3.31. The maximum atomic E-state index is 12.0. The molecule has 0 saturated heterocycles. The van der Waals surface area contributed by atoms with Crippen LogP contribution in [0.5, 0.6) is 0 Å². The molecule has 1 N–H and O–H groups in total. The van der Waals surface area contributed by atoms with Crippen LogP contribution in [0.1, 0.15) is 40.5 Å². The molecule has 0 radical (unpaired) electrons. The highest BCUT2D eigenvalue weighted by molar-refractivity contribution is 5.87. The number of likely N-dealkylation sites (N-methyl/N-ethyl adjacent to an activating group) is 2. The molecule has 0 bridgehead atoms. The van der Waals surface area contributed by atoms with Crippen LogP contribution in [0.4, 0.5) is 0 Å². The molecular formula is C13H26N2O2. The molecular weight excluding hydrogens is 216 g/mol. The lowest BCUT2D eigenvalue weighted by Gasteiger charge is -2.30. The number of nitrogens with zero attached hydrogens (tertiary/aromatic N) is 1. The maximum absolute atomic E-state index is 12.0. The summed E-state index contributed by atoms with van der Waals surface area (Å²) in [6, 6.07) is -0.375. The standard InChI is InChI=1S/C13H26N2O2/c1-9(2)7-8-11(16)15(6)12(10(3)4)13(17)14-5/h9-10,12H,7-8H2,1-6H3,(H,14,17)/t12-/m1/s1. The molecule has 0 heterocycles. The molecule has 0 aromatic carbocycles. The SMILES string of the molecule is CNC(=O)[C@@H](C(C)C)N(C)C(=O)CCC(C)C. The molecule has 0 saturated carbocycles. The zero-order valence-corrected chi connectivity index (χ0v) is 11.9. The van der Waals surface area contributed by atoms with E-state index in [1.807, 2.05) is 13.8 Å². The first-order chi connectivity index (χ1) is 7.81. The molecule has 0 spiro atoms. The van der Waals surface area contributed by atoms with Gasteiger partial charge in [0.2, 0.25) is 11.8 Å². The fourth-order valence-electron chi connectivity index (χ4n) is 1.82. The molecule has 0 fully saturated rings. The lowest BCUT2D eigenvalue weighted by Crippen LogP contribution is -2.49. The molecule has 1 atom stereocenters. The van der Waals surface area contributed by atoms with Crippen molar-refractivity contribution in [3.05, 3.63) is 0 Å². The third-order valence-corrected chi connectivity index (χ3v) is 2.89. The third kappa shape index (κ3) is 5.20. The van der Waals surface area contributed by atoms with Gasteiger partial charge >= 0.3 is 0 Å². The van der Waals surface area contributed by atoms with Crippen molar-refractivity contribution < 1.29 is 9.59 Å². The second-order valence-corrected chi connectivity index (χ2v) is 5.24. The summed E-state index contributed by atoms with van der Waals surface area (Å²) in [5.74, 6) is 0.564. The van der Waals surface area contributed by atoms with Crippen molar-refractivity contribution in [2.45, 2.75) is 46.6 Å². The lowest BCUT2D eigenvalue weighted by molar-refractivity contribution is -0.140. The van der Waals surface area contributed by atoms with Gasteiger partial charge in [-0.05, 0) is 18.3 Å². The largest absolute Gasteiger partial charge is 0.357 e. The van der Waals surface area contributed by atoms with Crippen molar-refractivity contribution >= 4 is 11.8 Å². The van der Waals surface area contributed by atoms with E-state index in [0.29, 0.717) is 12.3 Å². The van der Waals surface area contributed by atoms with Gasteiger partial charge in [-0.2, -0.15) is 0 Å². The smallest absolute Gasteiger partial charge is 0.242 e. The minimum atomic E-state index is -0.375. The summed E-state index contributed by atoms with van der Waals surface area (Å²) < 4.78 is 0. The molecule has 0 aromatic heterocycles. The normalized spacial score (nSPS) is 12.7. The Bertz CT molecular complexity index is 262. The van der Waals surface area contributed by atoms with Crippen molar-refractivity contribution in [1.82, 2.24) is 10.2 Å². The van der Waals surface area contributed by atoms with Gasteiger partial charge < -0.3 is 10.2 Å². The topological polar surface area (TPSA) is 49.4 Å². The number of nitrogens with one attached hydrogen (secondary N) is 1. The zero-order chi connectivity index (χ0) is 13.6. The van der Waals surface area contributed by atoms with Crippen molar-refractivity contribution in [1.29, 1.82) is 0 Å². The highest BCUT2D eigenvalue weighted by Gasteiger charge is 2.28. The molecule has 100 valence electrons. The van der Waals surface area contributed by atoms with E-state index in [0.717, 1.165) is 6.42 Å². The predicted molar refractivity (Wildman–Crippen MR) is 69.5 cm³/mol. The van der Waals surface area contributed by atoms with E-state index in [-0.39, 0.29) is 23.8 Å². The number of hydrogen-bond acceptors (Lipinski definition) is 2. The first kappa shape index (κ1) is 15.9. The number of carbonyl (C=O) groups excluding carboxylic acids is 2. The van der Waals surface area contributed by atoms with Crippen LogP contribution in [0.2, 0.25) is 0 Å². The Balaban J connectivity index is 4.55. The monoisotopic (exact) mass is 242 g/mol. The van der Waals surface area contributed by atoms with Crippen molar-refractivity contribution in [2.24, 2.45) is 11.8 Å². The van der Waals surface area contributed by atoms with Crippen LogP contribution in [0.25, 0.3) is 0 Å². The van der Waals surface area contributed by atoms with E-state index in [1.54, 1.807) is 19.0 Å². The van der Waals surface area contributed by atoms with Crippen molar-refractivity contribution in [3.63, 3.8) is 0 Å². The summed E-state index contributed by atoms with van der Waals surface area (Å²) >= 11 is 0. The Labute approximate surface area is 105 Å².